The molecule has 1 aromatic rings. The molecule has 5 heteroatoms. The minimum atomic E-state index is -3.16. The number of nitrogens with two attached hydrogens (primary N) is 1. The van der Waals surface area contributed by atoms with Crippen molar-refractivity contribution >= 4 is 21.2 Å². The van der Waals surface area contributed by atoms with Gasteiger partial charge in [-0.15, -0.1) is 0 Å². The van der Waals surface area contributed by atoms with Crippen LogP contribution in [-0.2, 0) is 9.84 Å². The van der Waals surface area contributed by atoms with E-state index >= 15 is 0 Å². The molecule has 0 aliphatic carbocycles. The SMILES string of the molecule is CC1CNc2cc(N)ccc2S1(=O)=O. The molecule has 1 unspecified atom stereocenters. The van der Waals surface area contributed by atoms with Gasteiger partial charge in [-0.05, 0) is 25.1 Å². The van der Waals surface area contributed by atoms with Crippen LogP contribution in [0.4, 0.5) is 11.4 Å². The van der Waals surface area contributed by atoms with E-state index in [1.165, 1.54) is 0 Å². The maximum absolute atomic E-state index is 11.8. The summed E-state index contributed by atoms with van der Waals surface area (Å²) in [7, 11) is -3.16. The Bertz CT molecular complexity index is 468. The van der Waals surface area contributed by atoms with Crippen LogP contribution in [0.3, 0.4) is 0 Å². The molecule has 0 radical (unpaired) electrons. The van der Waals surface area contributed by atoms with E-state index < -0.39 is 9.84 Å². The van der Waals surface area contributed by atoms with Crippen LogP contribution in [0.15, 0.2) is 23.1 Å². The number of nitrogen functional groups attached to an aromatic ring is 1. The highest BCUT2D eigenvalue weighted by Gasteiger charge is 2.30. The van der Waals surface area contributed by atoms with Gasteiger partial charge in [-0.1, -0.05) is 0 Å². The lowest BCUT2D eigenvalue weighted by molar-refractivity contribution is 0.582. The second kappa shape index (κ2) is 2.88. The molecule has 1 atom stereocenters. The lowest BCUT2D eigenvalue weighted by Gasteiger charge is -2.23. The van der Waals surface area contributed by atoms with E-state index in [0.29, 0.717) is 22.8 Å². The van der Waals surface area contributed by atoms with Crippen molar-refractivity contribution in [2.45, 2.75) is 17.1 Å². The van der Waals surface area contributed by atoms with Gasteiger partial charge in [0, 0.05) is 12.2 Å². The summed E-state index contributed by atoms with van der Waals surface area (Å²) in [4.78, 5) is 0.352. The summed E-state index contributed by atoms with van der Waals surface area (Å²) in [6.07, 6.45) is 0. The molecule has 0 bridgehead atoms. The number of anilines is 2. The molecule has 0 spiro atoms. The van der Waals surface area contributed by atoms with Gasteiger partial charge in [-0.2, -0.15) is 0 Å². The Hall–Kier alpha value is -1.23. The van der Waals surface area contributed by atoms with E-state index in [-0.39, 0.29) is 5.25 Å². The standard InChI is InChI=1S/C9H12N2O2S/c1-6-5-11-8-4-7(10)2-3-9(8)14(6,12)13/h2-4,6,11H,5,10H2,1H3. The number of hydrogen-bond donors (Lipinski definition) is 2. The average molecular weight is 212 g/mol. The number of hydrogen-bond acceptors (Lipinski definition) is 4. The van der Waals surface area contributed by atoms with Crippen molar-refractivity contribution in [1.82, 2.24) is 0 Å². The van der Waals surface area contributed by atoms with Crippen molar-refractivity contribution in [3.05, 3.63) is 18.2 Å². The van der Waals surface area contributed by atoms with Gasteiger partial charge >= 0.3 is 0 Å². The largest absolute Gasteiger partial charge is 0.399 e. The van der Waals surface area contributed by atoms with Crippen LogP contribution >= 0.6 is 0 Å². The predicted octanol–water partition coefficient (Wildman–Crippen LogP) is 0.857. The molecule has 4 nitrogen and oxygen atoms in total. The molecular formula is C9H12N2O2S. The maximum Gasteiger partial charge on any atom is 0.184 e. The van der Waals surface area contributed by atoms with E-state index in [1.54, 1.807) is 25.1 Å². The van der Waals surface area contributed by atoms with E-state index in [9.17, 15) is 8.42 Å². The molecule has 0 amide bonds. The van der Waals surface area contributed by atoms with Gasteiger partial charge in [0.25, 0.3) is 0 Å². The summed E-state index contributed by atoms with van der Waals surface area (Å²) in [6, 6.07) is 4.82. The third kappa shape index (κ3) is 1.24. The molecule has 1 aliphatic heterocycles. The third-order valence-corrected chi connectivity index (χ3v) is 4.61. The van der Waals surface area contributed by atoms with Gasteiger partial charge in [0.05, 0.1) is 15.8 Å². The number of rotatable bonds is 0. The first-order chi connectivity index (χ1) is 6.51. The first-order valence-corrected chi connectivity index (χ1v) is 5.94. The van der Waals surface area contributed by atoms with Crippen LogP contribution in [0.5, 0.6) is 0 Å². The number of fused-ring (bicyclic) bond motifs is 1. The van der Waals surface area contributed by atoms with Crippen molar-refractivity contribution in [1.29, 1.82) is 0 Å². The topological polar surface area (TPSA) is 72.2 Å². The van der Waals surface area contributed by atoms with Crippen LogP contribution < -0.4 is 11.1 Å². The molecule has 0 aromatic heterocycles. The fraction of sp³-hybridized carbons (Fsp3) is 0.333. The zero-order chi connectivity index (χ0) is 10.3. The Kier molecular flexibility index (Phi) is 1.92. The van der Waals surface area contributed by atoms with Gasteiger partial charge in [0.1, 0.15) is 0 Å². The minimum absolute atomic E-state index is 0.352. The van der Waals surface area contributed by atoms with Gasteiger partial charge in [-0.3, -0.25) is 0 Å². The molecular weight excluding hydrogens is 200 g/mol. The molecule has 1 aliphatic rings. The molecule has 0 fully saturated rings. The normalized spacial score (nSPS) is 23.6. The second-order valence-corrected chi connectivity index (χ2v) is 5.83. The van der Waals surface area contributed by atoms with Crippen LogP contribution in [0, 0.1) is 0 Å². The Morgan fingerprint density at radius 1 is 1.50 bits per heavy atom. The van der Waals surface area contributed by atoms with E-state index in [1.807, 2.05) is 0 Å². The Balaban J connectivity index is 2.65. The molecule has 3 N–H and O–H groups in total. The molecule has 1 aromatic carbocycles. The number of nitrogens with one attached hydrogen (secondary N) is 1. The van der Waals surface area contributed by atoms with Crippen molar-refractivity contribution in [2.75, 3.05) is 17.6 Å². The molecule has 0 saturated heterocycles. The fourth-order valence-corrected chi connectivity index (χ4v) is 2.95. The molecule has 0 saturated carbocycles. The van der Waals surface area contributed by atoms with Crippen molar-refractivity contribution in [2.24, 2.45) is 0 Å². The van der Waals surface area contributed by atoms with E-state index in [2.05, 4.69) is 5.32 Å². The zero-order valence-electron chi connectivity index (χ0n) is 7.82. The number of benzene rings is 1. The Morgan fingerprint density at radius 2 is 2.21 bits per heavy atom. The van der Waals surface area contributed by atoms with E-state index in [4.69, 9.17) is 5.73 Å². The highest BCUT2D eigenvalue weighted by Crippen LogP contribution is 2.30. The quantitative estimate of drug-likeness (QED) is 0.625. The van der Waals surface area contributed by atoms with Crippen LogP contribution in [0.25, 0.3) is 0 Å². The summed E-state index contributed by atoms with van der Waals surface area (Å²) in [5, 5.41) is 2.67. The average Bonchev–Trinajstić information content (AvgIpc) is 2.12. The minimum Gasteiger partial charge on any atom is -0.399 e. The highest BCUT2D eigenvalue weighted by molar-refractivity contribution is 7.92. The lowest BCUT2D eigenvalue weighted by atomic mass is 10.2. The highest BCUT2D eigenvalue weighted by atomic mass is 32.2. The summed E-state index contributed by atoms with van der Waals surface area (Å²) in [5.41, 5.74) is 6.75. The first-order valence-electron chi connectivity index (χ1n) is 4.39. The van der Waals surface area contributed by atoms with E-state index in [0.717, 1.165) is 0 Å². The third-order valence-electron chi connectivity index (χ3n) is 2.42. The predicted molar refractivity (Wildman–Crippen MR) is 56.0 cm³/mol. The van der Waals surface area contributed by atoms with Crippen LogP contribution in [0.1, 0.15) is 6.92 Å². The van der Waals surface area contributed by atoms with Crippen molar-refractivity contribution < 1.29 is 8.42 Å². The summed E-state index contributed by atoms with van der Waals surface area (Å²) in [6.45, 7) is 2.14. The Labute approximate surface area is 83.0 Å². The smallest absolute Gasteiger partial charge is 0.184 e. The van der Waals surface area contributed by atoms with Crippen molar-refractivity contribution in [3.63, 3.8) is 0 Å². The zero-order valence-corrected chi connectivity index (χ0v) is 8.64. The Morgan fingerprint density at radius 3 is 2.93 bits per heavy atom. The maximum atomic E-state index is 11.8. The monoisotopic (exact) mass is 212 g/mol. The van der Waals surface area contributed by atoms with Crippen molar-refractivity contribution in [3.8, 4) is 0 Å². The molecule has 14 heavy (non-hydrogen) atoms. The van der Waals surface area contributed by atoms with Gasteiger partial charge < -0.3 is 11.1 Å². The lowest BCUT2D eigenvalue weighted by Crippen LogP contribution is -2.31. The molecule has 1 heterocycles. The van der Waals surface area contributed by atoms with Gasteiger partial charge in [0.2, 0.25) is 0 Å². The summed E-state index contributed by atoms with van der Waals surface area (Å²) >= 11 is 0. The van der Waals surface area contributed by atoms with Gasteiger partial charge in [-0.25, -0.2) is 8.42 Å². The van der Waals surface area contributed by atoms with Gasteiger partial charge in [0.15, 0.2) is 9.84 Å². The fourth-order valence-electron chi connectivity index (χ4n) is 1.51. The summed E-state index contributed by atoms with van der Waals surface area (Å²) < 4.78 is 23.7. The van der Waals surface area contributed by atoms with Crippen LogP contribution in [-0.4, -0.2) is 20.2 Å². The van der Waals surface area contributed by atoms with Crippen LogP contribution in [0.2, 0.25) is 0 Å². The second-order valence-electron chi connectivity index (χ2n) is 3.49. The summed E-state index contributed by atoms with van der Waals surface area (Å²) in [5.74, 6) is 0. The molecule has 76 valence electrons. The number of sulfone groups is 1. The molecule has 2 rings (SSSR count). The first kappa shape index (κ1) is 9.33.